The average Bonchev–Trinajstić information content (AvgIpc) is 2.99. The summed E-state index contributed by atoms with van der Waals surface area (Å²) in [5.41, 5.74) is 2.56. The van der Waals surface area contributed by atoms with Gasteiger partial charge in [-0.3, -0.25) is 14.4 Å². The predicted octanol–water partition coefficient (Wildman–Crippen LogP) is 3.82. The number of hydrogen-bond donors (Lipinski definition) is 2. The zero-order valence-electron chi connectivity index (χ0n) is 22.6. The number of ether oxygens (including phenoxy) is 1. The van der Waals surface area contributed by atoms with Gasteiger partial charge in [-0.05, 0) is 60.9 Å². The topological polar surface area (TPSA) is 129 Å². The highest BCUT2D eigenvalue weighted by atomic mass is 19.1. The maximum Gasteiger partial charge on any atom is 0.409 e. The van der Waals surface area contributed by atoms with Crippen LogP contribution in [0.2, 0.25) is 0 Å². The number of pyridine rings is 1. The SMILES string of the molecule is CCOC(=O)N1CCN(C(=O)C(CCC(=O)O)NC(=O)c2cc(-c3ccccc3)cc(-c3ccc(F)cc3)n2)CC1. The third-order valence-corrected chi connectivity index (χ3v) is 6.67. The van der Waals surface area contributed by atoms with Gasteiger partial charge in [0.2, 0.25) is 5.91 Å². The van der Waals surface area contributed by atoms with Gasteiger partial charge in [0, 0.05) is 38.2 Å². The van der Waals surface area contributed by atoms with E-state index in [0.29, 0.717) is 16.8 Å². The van der Waals surface area contributed by atoms with Crippen LogP contribution >= 0.6 is 0 Å². The zero-order chi connectivity index (χ0) is 29.4. The van der Waals surface area contributed by atoms with Crippen LogP contribution in [0.5, 0.6) is 0 Å². The Morgan fingerprint density at radius 3 is 2.22 bits per heavy atom. The van der Waals surface area contributed by atoms with Crippen molar-refractivity contribution >= 4 is 23.9 Å². The van der Waals surface area contributed by atoms with Crippen molar-refractivity contribution in [1.29, 1.82) is 0 Å². The molecule has 10 nitrogen and oxygen atoms in total. The van der Waals surface area contributed by atoms with Gasteiger partial charge < -0.3 is 25.0 Å². The first kappa shape index (κ1) is 29.2. The van der Waals surface area contributed by atoms with Crippen LogP contribution in [-0.4, -0.2) is 82.6 Å². The maximum atomic E-state index is 13.6. The minimum atomic E-state index is -1.12. The van der Waals surface area contributed by atoms with E-state index in [2.05, 4.69) is 10.3 Å². The number of aromatic nitrogens is 1. The van der Waals surface area contributed by atoms with Gasteiger partial charge in [0.05, 0.1) is 12.3 Å². The summed E-state index contributed by atoms with van der Waals surface area (Å²) >= 11 is 0. The Morgan fingerprint density at radius 2 is 1.59 bits per heavy atom. The van der Waals surface area contributed by atoms with E-state index in [1.807, 2.05) is 30.3 Å². The monoisotopic (exact) mass is 562 g/mol. The number of halogens is 1. The number of carbonyl (C=O) groups is 4. The Bertz CT molecular complexity index is 1390. The number of carboxylic acid groups (broad SMARTS) is 1. The van der Waals surface area contributed by atoms with Gasteiger partial charge >= 0.3 is 12.1 Å². The van der Waals surface area contributed by atoms with E-state index in [4.69, 9.17) is 4.74 Å². The summed E-state index contributed by atoms with van der Waals surface area (Å²) in [4.78, 5) is 57.8. The molecule has 0 aliphatic carbocycles. The molecule has 3 aromatic rings. The molecule has 4 rings (SSSR count). The number of carboxylic acids is 1. The number of benzene rings is 2. The molecule has 0 bridgehead atoms. The maximum absolute atomic E-state index is 13.6. The van der Waals surface area contributed by atoms with Gasteiger partial charge in [0.15, 0.2) is 0 Å². The lowest BCUT2D eigenvalue weighted by Gasteiger charge is -2.35. The summed E-state index contributed by atoms with van der Waals surface area (Å²) in [6, 6.07) is 17.3. The molecule has 214 valence electrons. The first-order valence-corrected chi connectivity index (χ1v) is 13.3. The molecular weight excluding hydrogens is 531 g/mol. The Labute approximate surface area is 236 Å². The number of nitrogens with zero attached hydrogens (tertiary/aromatic N) is 3. The smallest absolute Gasteiger partial charge is 0.409 e. The minimum absolute atomic E-state index is 0.0194. The van der Waals surface area contributed by atoms with Crippen molar-refractivity contribution in [1.82, 2.24) is 20.1 Å². The zero-order valence-corrected chi connectivity index (χ0v) is 22.6. The van der Waals surface area contributed by atoms with Crippen molar-refractivity contribution in [2.45, 2.75) is 25.8 Å². The van der Waals surface area contributed by atoms with E-state index in [9.17, 15) is 28.7 Å². The molecule has 41 heavy (non-hydrogen) atoms. The number of rotatable bonds is 9. The molecule has 1 aliphatic heterocycles. The summed E-state index contributed by atoms with van der Waals surface area (Å²) < 4.78 is 18.6. The highest BCUT2D eigenvalue weighted by molar-refractivity contribution is 5.98. The van der Waals surface area contributed by atoms with Crippen LogP contribution in [0.25, 0.3) is 22.4 Å². The summed E-state index contributed by atoms with van der Waals surface area (Å²) in [5.74, 6) is -2.61. The standard InChI is InChI=1S/C30H31FN4O6/c1-2-41-30(40)35-16-14-34(15-17-35)29(39)24(12-13-27(36)37)33-28(38)26-19-22(20-6-4-3-5-7-20)18-25(32-26)21-8-10-23(31)11-9-21/h3-11,18-19,24H,2,12-17H2,1H3,(H,33,38)(H,36,37). The van der Waals surface area contributed by atoms with Gasteiger partial charge in [-0.25, -0.2) is 14.2 Å². The molecule has 0 radical (unpaired) electrons. The van der Waals surface area contributed by atoms with E-state index >= 15 is 0 Å². The number of hydrogen-bond acceptors (Lipinski definition) is 6. The van der Waals surface area contributed by atoms with Crippen molar-refractivity contribution in [2.75, 3.05) is 32.8 Å². The van der Waals surface area contributed by atoms with E-state index < -0.39 is 35.7 Å². The highest BCUT2D eigenvalue weighted by Gasteiger charge is 2.31. The minimum Gasteiger partial charge on any atom is -0.481 e. The van der Waals surface area contributed by atoms with E-state index in [1.165, 1.54) is 21.9 Å². The fourth-order valence-electron chi connectivity index (χ4n) is 4.51. The molecule has 1 fully saturated rings. The van der Waals surface area contributed by atoms with Gasteiger partial charge in [0.25, 0.3) is 5.91 Å². The molecule has 2 heterocycles. The normalized spacial score (nSPS) is 13.8. The van der Waals surface area contributed by atoms with Gasteiger partial charge in [0.1, 0.15) is 17.6 Å². The molecule has 1 unspecified atom stereocenters. The molecule has 11 heteroatoms. The molecule has 1 atom stereocenters. The Morgan fingerprint density at radius 1 is 0.927 bits per heavy atom. The first-order valence-electron chi connectivity index (χ1n) is 13.3. The lowest BCUT2D eigenvalue weighted by atomic mass is 10.0. The fraction of sp³-hybridized carbons (Fsp3) is 0.300. The van der Waals surface area contributed by atoms with Crippen molar-refractivity contribution < 1.29 is 33.4 Å². The molecule has 1 aromatic heterocycles. The van der Waals surface area contributed by atoms with Crippen LogP contribution in [-0.2, 0) is 14.3 Å². The third-order valence-electron chi connectivity index (χ3n) is 6.67. The quantitative estimate of drug-likeness (QED) is 0.406. The van der Waals surface area contributed by atoms with Gasteiger partial charge in [-0.15, -0.1) is 0 Å². The number of aliphatic carboxylic acids is 1. The number of amides is 3. The van der Waals surface area contributed by atoms with Crippen LogP contribution in [0.1, 0.15) is 30.3 Å². The Balaban J connectivity index is 1.58. The molecule has 1 aliphatic rings. The van der Waals surface area contributed by atoms with Crippen LogP contribution in [0.3, 0.4) is 0 Å². The molecule has 2 N–H and O–H groups in total. The van der Waals surface area contributed by atoms with Crippen LogP contribution in [0.15, 0.2) is 66.7 Å². The second-order valence-electron chi connectivity index (χ2n) is 9.47. The largest absolute Gasteiger partial charge is 0.481 e. The molecule has 2 aromatic carbocycles. The van der Waals surface area contributed by atoms with Crippen molar-refractivity contribution in [2.24, 2.45) is 0 Å². The lowest BCUT2D eigenvalue weighted by molar-refractivity contribution is -0.138. The van der Waals surface area contributed by atoms with Crippen LogP contribution in [0, 0.1) is 5.82 Å². The molecule has 3 amide bonds. The van der Waals surface area contributed by atoms with Crippen LogP contribution < -0.4 is 5.32 Å². The molecule has 1 saturated heterocycles. The third kappa shape index (κ3) is 7.65. The van der Waals surface area contributed by atoms with Gasteiger partial charge in [-0.1, -0.05) is 30.3 Å². The fourth-order valence-corrected chi connectivity index (χ4v) is 4.51. The number of carbonyl (C=O) groups excluding carboxylic acids is 3. The summed E-state index contributed by atoms with van der Waals surface area (Å²) in [6.07, 6.45) is -0.921. The van der Waals surface area contributed by atoms with Crippen molar-refractivity contribution in [3.05, 3.63) is 78.2 Å². The Kier molecular flexibility index (Phi) is 9.62. The lowest BCUT2D eigenvalue weighted by Crippen LogP contribution is -2.56. The van der Waals surface area contributed by atoms with E-state index in [0.717, 1.165) is 5.56 Å². The van der Waals surface area contributed by atoms with Gasteiger partial charge in [-0.2, -0.15) is 0 Å². The highest BCUT2D eigenvalue weighted by Crippen LogP contribution is 2.26. The molecular formula is C30H31FN4O6. The summed E-state index contributed by atoms with van der Waals surface area (Å²) in [7, 11) is 0. The summed E-state index contributed by atoms with van der Waals surface area (Å²) in [6.45, 7) is 2.89. The molecule has 0 spiro atoms. The first-order chi connectivity index (χ1) is 19.7. The summed E-state index contributed by atoms with van der Waals surface area (Å²) in [5, 5.41) is 11.9. The second-order valence-corrected chi connectivity index (χ2v) is 9.47. The Hall–Kier alpha value is -4.80. The van der Waals surface area contributed by atoms with Crippen molar-refractivity contribution in [3.8, 4) is 22.4 Å². The second kappa shape index (κ2) is 13.5. The molecule has 0 saturated carbocycles. The number of piperazine rings is 1. The van der Waals surface area contributed by atoms with E-state index in [1.54, 1.807) is 31.2 Å². The number of nitrogens with one attached hydrogen (secondary N) is 1. The van der Waals surface area contributed by atoms with E-state index in [-0.39, 0.29) is 51.3 Å². The predicted molar refractivity (Wildman–Crippen MR) is 148 cm³/mol. The average molecular weight is 563 g/mol. The van der Waals surface area contributed by atoms with Crippen LogP contribution in [0.4, 0.5) is 9.18 Å². The van der Waals surface area contributed by atoms with Crippen molar-refractivity contribution in [3.63, 3.8) is 0 Å².